The van der Waals surface area contributed by atoms with Crippen molar-refractivity contribution in [3.8, 4) is 0 Å². The van der Waals surface area contributed by atoms with Crippen LogP contribution in [0.3, 0.4) is 0 Å². The van der Waals surface area contributed by atoms with E-state index in [-0.39, 0.29) is 30.9 Å². The van der Waals surface area contributed by atoms with Gasteiger partial charge < -0.3 is 15.1 Å². The van der Waals surface area contributed by atoms with Gasteiger partial charge in [-0.2, -0.15) is 4.37 Å². The van der Waals surface area contributed by atoms with E-state index in [1.54, 1.807) is 0 Å². The highest BCUT2D eigenvalue weighted by atomic mass is 35.5. The van der Waals surface area contributed by atoms with Gasteiger partial charge in [-0.3, -0.25) is 4.79 Å². The number of aromatic nitrogens is 2. The number of nitrogens with zero attached hydrogens (tertiary/aromatic N) is 4. The second-order valence-corrected chi connectivity index (χ2v) is 8.13. The van der Waals surface area contributed by atoms with Gasteiger partial charge in [0.1, 0.15) is 5.82 Å². The minimum Gasteiger partial charge on any atom is -0.345 e. The van der Waals surface area contributed by atoms with E-state index in [9.17, 15) is 4.79 Å². The molecular formula is C17H29Cl2N5OS. The van der Waals surface area contributed by atoms with Crippen LogP contribution in [-0.2, 0) is 4.79 Å². The van der Waals surface area contributed by atoms with Crippen LogP contribution < -0.4 is 10.2 Å². The monoisotopic (exact) mass is 421 g/mol. The van der Waals surface area contributed by atoms with Crippen LogP contribution in [0.15, 0.2) is 0 Å². The van der Waals surface area contributed by atoms with Crippen LogP contribution in [0.1, 0.15) is 44.3 Å². The first-order chi connectivity index (χ1) is 11.7. The average molecular weight is 422 g/mol. The van der Waals surface area contributed by atoms with Crippen molar-refractivity contribution in [3.05, 3.63) is 5.82 Å². The number of carbonyl (C=O) groups excluding carboxylic acids is 1. The summed E-state index contributed by atoms with van der Waals surface area (Å²) in [6.45, 7) is 5.41. The molecule has 2 aliphatic heterocycles. The van der Waals surface area contributed by atoms with Crippen molar-refractivity contribution in [1.29, 1.82) is 0 Å². The Bertz CT molecular complexity index is 587. The van der Waals surface area contributed by atoms with E-state index in [4.69, 9.17) is 0 Å². The molecule has 3 atom stereocenters. The molecule has 3 aliphatic rings. The summed E-state index contributed by atoms with van der Waals surface area (Å²) >= 11 is 1.46. The van der Waals surface area contributed by atoms with Gasteiger partial charge >= 0.3 is 0 Å². The molecular weight excluding hydrogens is 393 g/mol. The summed E-state index contributed by atoms with van der Waals surface area (Å²) in [4.78, 5) is 21.8. The molecule has 0 bridgehead atoms. The highest BCUT2D eigenvalue weighted by molar-refractivity contribution is 7.09. The molecule has 4 rings (SSSR count). The lowest BCUT2D eigenvalue weighted by molar-refractivity contribution is -0.133. The van der Waals surface area contributed by atoms with E-state index in [1.807, 2.05) is 6.92 Å². The molecule has 148 valence electrons. The molecule has 1 aromatic heterocycles. The third-order valence-corrected chi connectivity index (χ3v) is 6.62. The number of fused-ring (bicyclic) bond motifs is 1. The van der Waals surface area contributed by atoms with Crippen molar-refractivity contribution >= 4 is 47.4 Å². The molecule has 26 heavy (non-hydrogen) atoms. The van der Waals surface area contributed by atoms with Gasteiger partial charge in [0.25, 0.3) is 0 Å². The van der Waals surface area contributed by atoms with Crippen LogP contribution in [-0.4, -0.2) is 58.4 Å². The minimum absolute atomic E-state index is 0. The van der Waals surface area contributed by atoms with Crippen LogP contribution in [0.4, 0.5) is 5.13 Å². The molecule has 1 aromatic rings. The second-order valence-electron chi connectivity index (χ2n) is 7.40. The summed E-state index contributed by atoms with van der Waals surface area (Å²) in [7, 11) is 0. The first kappa shape index (κ1) is 21.7. The number of halogens is 2. The maximum Gasteiger partial charge on any atom is 0.239 e. The first-order valence-corrected chi connectivity index (χ1v) is 10.1. The Balaban J connectivity index is 0.00000121. The molecule has 1 N–H and O–H groups in total. The van der Waals surface area contributed by atoms with Gasteiger partial charge in [-0.1, -0.05) is 12.8 Å². The molecule has 2 saturated heterocycles. The molecule has 3 fully saturated rings. The standard InChI is InChI=1S/C17H27N5OS.2ClH/c1-12-18-17(24-20-12)22-8-4-7-21(9-10-22)16(23)15-11-13-5-2-3-6-14(13)19-15;;/h13-15,19H,2-11H2,1H3;2*1H. The Hall–Kier alpha value is -0.630. The van der Waals surface area contributed by atoms with E-state index in [1.165, 1.54) is 37.2 Å². The summed E-state index contributed by atoms with van der Waals surface area (Å²) in [6.07, 6.45) is 7.24. The highest BCUT2D eigenvalue weighted by Gasteiger charge is 2.39. The lowest BCUT2D eigenvalue weighted by atomic mass is 9.85. The van der Waals surface area contributed by atoms with E-state index in [0.717, 1.165) is 55.9 Å². The van der Waals surface area contributed by atoms with E-state index < -0.39 is 0 Å². The zero-order chi connectivity index (χ0) is 16.5. The Morgan fingerprint density at radius 3 is 2.65 bits per heavy atom. The number of anilines is 1. The van der Waals surface area contributed by atoms with Crippen molar-refractivity contribution in [2.24, 2.45) is 5.92 Å². The Morgan fingerprint density at radius 2 is 1.92 bits per heavy atom. The molecule has 1 aliphatic carbocycles. The Labute approximate surface area is 172 Å². The fourth-order valence-electron chi connectivity index (χ4n) is 4.47. The molecule has 1 saturated carbocycles. The lowest BCUT2D eigenvalue weighted by Crippen LogP contribution is -2.46. The van der Waals surface area contributed by atoms with Crippen LogP contribution in [0, 0.1) is 12.8 Å². The van der Waals surface area contributed by atoms with Crippen LogP contribution in [0.5, 0.6) is 0 Å². The number of rotatable bonds is 2. The summed E-state index contributed by atoms with van der Waals surface area (Å²) in [5.41, 5.74) is 0. The number of carbonyl (C=O) groups is 1. The van der Waals surface area contributed by atoms with E-state index in [0.29, 0.717) is 11.9 Å². The molecule has 0 radical (unpaired) electrons. The van der Waals surface area contributed by atoms with Crippen LogP contribution >= 0.6 is 36.3 Å². The number of hydrogen-bond donors (Lipinski definition) is 1. The normalized spacial score (nSPS) is 28.6. The van der Waals surface area contributed by atoms with Gasteiger partial charge in [-0.05, 0) is 38.5 Å². The van der Waals surface area contributed by atoms with Crippen molar-refractivity contribution in [2.45, 2.75) is 57.5 Å². The van der Waals surface area contributed by atoms with Crippen molar-refractivity contribution in [3.63, 3.8) is 0 Å². The lowest BCUT2D eigenvalue weighted by Gasteiger charge is -2.25. The van der Waals surface area contributed by atoms with Crippen molar-refractivity contribution in [2.75, 3.05) is 31.1 Å². The molecule has 9 heteroatoms. The number of aryl methyl sites for hydroxylation is 1. The van der Waals surface area contributed by atoms with Gasteiger partial charge in [0.15, 0.2) is 0 Å². The van der Waals surface area contributed by atoms with Crippen LogP contribution in [0.25, 0.3) is 0 Å². The fraction of sp³-hybridized carbons (Fsp3) is 0.824. The van der Waals surface area contributed by atoms with Crippen molar-refractivity contribution < 1.29 is 4.79 Å². The average Bonchev–Trinajstić information content (AvgIpc) is 3.13. The zero-order valence-electron chi connectivity index (χ0n) is 15.2. The van der Waals surface area contributed by atoms with Gasteiger partial charge in [-0.25, -0.2) is 4.98 Å². The first-order valence-electron chi connectivity index (χ1n) is 9.31. The molecule has 0 aromatic carbocycles. The SMILES string of the molecule is Cc1nsc(N2CCCN(C(=O)C3CC4CCCCC4N3)CC2)n1.Cl.Cl. The van der Waals surface area contributed by atoms with Gasteiger partial charge in [0, 0.05) is 43.8 Å². The van der Waals surface area contributed by atoms with Gasteiger partial charge in [0.05, 0.1) is 6.04 Å². The van der Waals surface area contributed by atoms with E-state index in [2.05, 4.69) is 24.5 Å². The third kappa shape index (κ3) is 4.61. The summed E-state index contributed by atoms with van der Waals surface area (Å²) in [5, 5.41) is 4.62. The molecule has 0 spiro atoms. The zero-order valence-corrected chi connectivity index (χ0v) is 17.7. The topological polar surface area (TPSA) is 61.4 Å². The summed E-state index contributed by atoms with van der Waals surface area (Å²) < 4.78 is 4.28. The largest absolute Gasteiger partial charge is 0.345 e. The smallest absolute Gasteiger partial charge is 0.239 e. The predicted octanol–water partition coefficient (Wildman–Crippen LogP) is 2.65. The highest BCUT2D eigenvalue weighted by Crippen LogP contribution is 2.33. The Kier molecular flexibility index (Phi) is 7.94. The third-order valence-electron chi connectivity index (χ3n) is 5.76. The predicted molar refractivity (Wildman–Crippen MR) is 110 cm³/mol. The number of amides is 1. The van der Waals surface area contributed by atoms with Gasteiger partial charge in [-0.15, -0.1) is 24.8 Å². The maximum absolute atomic E-state index is 13.0. The quantitative estimate of drug-likeness (QED) is 0.794. The van der Waals surface area contributed by atoms with Crippen molar-refractivity contribution in [1.82, 2.24) is 19.6 Å². The summed E-state index contributed by atoms with van der Waals surface area (Å²) in [5.74, 6) is 1.88. The molecule has 3 heterocycles. The maximum atomic E-state index is 13.0. The second kappa shape index (κ2) is 9.53. The Morgan fingerprint density at radius 1 is 1.12 bits per heavy atom. The number of nitrogens with one attached hydrogen (secondary N) is 1. The summed E-state index contributed by atoms with van der Waals surface area (Å²) in [6, 6.07) is 0.633. The molecule has 6 nitrogen and oxygen atoms in total. The molecule has 1 amide bonds. The van der Waals surface area contributed by atoms with E-state index >= 15 is 0 Å². The van der Waals surface area contributed by atoms with Crippen LogP contribution in [0.2, 0.25) is 0 Å². The minimum atomic E-state index is 0. The molecule has 3 unspecified atom stereocenters. The fourth-order valence-corrected chi connectivity index (χ4v) is 5.20. The number of hydrogen-bond acceptors (Lipinski definition) is 6. The van der Waals surface area contributed by atoms with Gasteiger partial charge in [0.2, 0.25) is 11.0 Å².